The van der Waals surface area contributed by atoms with Crippen LogP contribution < -0.4 is 9.47 Å². The Kier molecular flexibility index (Phi) is 7.60. The van der Waals surface area contributed by atoms with E-state index in [1.54, 1.807) is 32.0 Å². The molecule has 5 heteroatoms. The molecule has 172 valence electrons. The van der Waals surface area contributed by atoms with Crippen molar-refractivity contribution in [3.05, 3.63) is 82.0 Å². The van der Waals surface area contributed by atoms with Crippen LogP contribution in [0.5, 0.6) is 11.5 Å². The molecule has 1 aliphatic rings. The van der Waals surface area contributed by atoms with E-state index in [2.05, 4.69) is 39.2 Å². The molecular formula is C28H29ClO4. The van der Waals surface area contributed by atoms with Crippen LogP contribution in [0, 0.1) is 0 Å². The van der Waals surface area contributed by atoms with Crippen LogP contribution in [0.15, 0.2) is 65.8 Å². The lowest BCUT2D eigenvalue weighted by atomic mass is 9.85. The maximum absolute atomic E-state index is 12.5. The predicted molar refractivity (Wildman–Crippen MR) is 134 cm³/mol. The van der Waals surface area contributed by atoms with E-state index in [0.29, 0.717) is 51.3 Å². The Labute approximate surface area is 200 Å². The lowest BCUT2D eigenvalue weighted by Crippen LogP contribution is -2.16. The van der Waals surface area contributed by atoms with Crippen LogP contribution >= 0.6 is 11.6 Å². The number of fused-ring (bicyclic) bond motifs is 2. The van der Waals surface area contributed by atoms with Crippen molar-refractivity contribution < 1.29 is 19.1 Å². The average Bonchev–Trinajstić information content (AvgIpc) is 2.75. The summed E-state index contributed by atoms with van der Waals surface area (Å²) in [5.74, 6) is -0.109. The van der Waals surface area contributed by atoms with Crippen LogP contribution in [0.1, 0.15) is 51.7 Å². The first-order valence-electron chi connectivity index (χ1n) is 10.9. The summed E-state index contributed by atoms with van der Waals surface area (Å²) in [5, 5.41) is 1.76. The molecule has 3 rings (SSSR count). The molecule has 2 aromatic rings. The summed E-state index contributed by atoms with van der Waals surface area (Å²) in [6, 6.07) is 5.25. The molecule has 0 aliphatic heterocycles. The number of hydrogen-bond acceptors (Lipinski definition) is 4. The molecule has 0 fully saturated rings. The van der Waals surface area contributed by atoms with Crippen LogP contribution in [0.4, 0.5) is 0 Å². The molecule has 0 saturated heterocycles. The standard InChI is InChI=1S/C28H29ClO4/c1-16(2)8-7-9-19-10-12-21-23(14-19)25(32-27(30)17(3)4)22-13-11-20(29)15-24(22)26(21)33-28(31)18(5)6/h8,10-11,13,15H,3,5,7,9,12,14H2,1-2,4,6H3. The molecule has 0 heterocycles. The number of carbonyl (C=O) groups excluding carboxylic acids is 2. The highest BCUT2D eigenvalue weighted by molar-refractivity contribution is 6.31. The Morgan fingerprint density at radius 1 is 0.970 bits per heavy atom. The number of rotatable bonds is 7. The van der Waals surface area contributed by atoms with Crippen molar-refractivity contribution in [1.29, 1.82) is 0 Å². The molecule has 33 heavy (non-hydrogen) atoms. The first-order chi connectivity index (χ1) is 15.6. The van der Waals surface area contributed by atoms with E-state index in [0.717, 1.165) is 24.0 Å². The van der Waals surface area contributed by atoms with Gasteiger partial charge in [0.15, 0.2) is 0 Å². The van der Waals surface area contributed by atoms with Gasteiger partial charge < -0.3 is 9.47 Å². The average molecular weight is 465 g/mol. The van der Waals surface area contributed by atoms with Gasteiger partial charge in [0, 0.05) is 38.1 Å². The van der Waals surface area contributed by atoms with Gasteiger partial charge in [-0.05, 0) is 71.6 Å². The van der Waals surface area contributed by atoms with Crippen molar-refractivity contribution in [2.45, 2.75) is 53.4 Å². The zero-order valence-corrected chi connectivity index (χ0v) is 20.4. The second-order valence-corrected chi connectivity index (χ2v) is 9.14. The van der Waals surface area contributed by atoms with Crippen molar-refractivity contribution in [2.75, 3.05) is 0 Å². The molecule has 0 spiro atoms. The van der Waals surface area contributed by atoms with Gasteiger partial charge in [0.25, 0.3) is 0 Å². The predicted octanol–water partition coefficient (Wildman–Crippen LogP) is 7.23. The minimum atomic E-state index is -0.511. The Morgan fingerprint density at radius 3 is 2.15 bits per heavy atom. The van der Waals surface area contributed by atoms with E-state index >= 15 is 0 Å². The highest BCUT2D eigenvalue weighted by atomic mass is 35.5. The Hall–Kier alpha value is -3.11. The number of esters is 2. The third-order valence-corrected chi connectivity index (χ3v) is 5.72. The number of benzene rings is 2. The van der Waals surface area contributed by atoms with Crippen LogP contribution in [0.25, 0.3) is 10.8 Å². The summed E-state index contributed by atoms with van der Waals surface area (Å²) < 4.78 is 11.7. The fourth-order valence-electron chi connectivity index (χ4n) is 3.78. The van der Waals surface area contributed by atoms with E-state index in [1.807, 2.05) is 0 Å². The largest absolute Gasteiger partial charge is 0.422 e. The van der Waals surface area contributed by atoms with E-state index in [-0.39, 0.29) is 0 Å². The summed E-state index contributed by atoms with van der Waals surface area (Å²) in [4.78, 5) is 25.0. The zero-order chi connectivity index (χ0) is 24.3. The lowest BCUT2D eigenvalue weighted by molar-refractivity contribution is -0.131. The minimum Gasteiger partial charge on any atom is -0.422 e. The monoisotopic (exact) mass is 464 g/mol. The molecule has 0 N–H and O–H groups in total. The highest BCUT2D eigenvalue weighted by Crippen LogP contribution is 2.45. The maximum Gasteiger partial charge on any atom is 0.338 e. The van der Waals surface area contributed by atoms with Crippen molar-refractivity contribution in [3.63, 3.8) is 0 Å². The molecule has 2 aromatic carbocycles. The van der Waals surface area contributed by atoms with Gasteiger partial charge >= 0.3 is 11.9 Å². The minimum absolute atomic E-state index is 0.297. The molecule has 0 atom stereocenters. The number of ether oxygens (including phenoxy) is 2. The molecule has 0 amide bonds. The maximum atomic E-state index is 12.5. The van der Waals surface area contributed by atoms with Crippen LogP contribution in [-0.2, 0) is 22.4 Å². The number of allylic oxidation sites excluding steroid dienone is 4. The van der Waals surface area contributed by atoms with Crippen LogP contribution in [0.2, 0.25) is 5.02 Å². The quantitative estimate of drug-likeness (QED) is 0.188. The summed E-state index contributed by atoms with van der Waals surface area (Å²) in [7, 11) is 0. The van der Waals surface area contributed by atoms with E-state index in [4.69, 9.17) is 21.1 Å². The van der Waals surface area contributed by atoms with Gasteiger partial charge in [-0.3, -0.25) is 0 Å². The van der Waals surface area contributed by atoms with Crippen molar-refractivity contribution in [2.24, 2.45) is 0 Å². The Morgan fingerprint density at radius 2 is 1.58 bits per heavy atom. The van der Waals surface area contributed by atoms with E-state index < -0.39 is 11.9 Å². The summed E-state index contributed by atoms with van der Waals surface area (Å²) >= 11 is 6.29. The molecule has 0 unspecified atom stereocenters. The van der Waals surface area contributed by atoms with Crippen molar-refractivity contribution >= 4 is 34.3 Å². The number of halogens is 1. The normalized spacial score (nSPS) is 12.5. The summed E-state index contributed by atoms with van der Waals surface area (Å²) in [5.41, 5.74) is 4.79. The van der Waals surface area contributed by atoms with Gasteiger partial charge in [-0.25, -0.2) is 9.59 Å². The number of carbonyl (C=O) groups is 2. The van der Waals surface area contributed by atoms with E-state index in [1.165, 1.54) is 11.1 Å². The van der Waals surface area contributed by atoms with Gasteiger partial charge in [-0.15, -0.1) is 0 Å². The summed E-state index contributed by atoms with van der Waals surface area (Å²) in [6.45, 7) is 14.8. The zero-order valence-electron chi connectivity index (χ0n) is 19.6. The molecule has 0 aromatic heterocycles. The molecule has 0 bridgehead atoms. The van der Waals surface area contributed by atoms with Gasteiger partial charge in [0.1, 0.15) is 11.5 Å². The second kappa shape index (κ2) is 10.2. The van der Waals surface area contributed by atoms with Crippen LogP contribution in [0.3, 0.4) is 0 Å². The van der Waals surface area contributed by atoms with E-state index in [9.17, 15) is 9.59 Å². The SMILES string of the molecule is C=C(C)C(=O)Oc1c2c(c(OC(=O)C(=C)C)c3ccc(Cl)cc13)CC(CCC=C(C)C)=CC2. The molecule has 0 saturated carbocycles. The lowest BCUT2D eigenvalue weighted by Gasteiger charge is -2.25. The third-order valence-electron chi connectivity index (χ3n) is 5.49. The van der Waals surface area contributed by atoms with Crippen molar-refractivity contribution in [1.82, 2.24) is 0 Å². The fourth-order valence-corrected chi connectivity index (χ4v) is 3.95. The molecule has 1 aliphatic carbocycles. The fraction of sp³-hybridized carbons (Fsp3) is 0.286. The molecule has 4 nitrogen and oxygen atoms in total. The van der Waals surface area contributed by atoms with Gasteiger partial charge in [-0.1, -0.05) is 48.1 Å². The van der Waals surface area contributed by atoms with Gasteiger partial charge in [0.05, 0.1) is 0 Å². The second-order valence-electron chi connectivity index (χ2n) is 8.71. The smallest absolute Gasteiger partial charge is 0.338 e. The Balaban J connectivity index is 2.21. The Bertz CT molecular complexity index is 1230. The van der Waals surface area contributed by atoms with Crippen LogP contribution in [-0.4, -0.2) is 11.9 Å². The molecule has 0 radical (unpaired) electrons. The highest BCUT2D eigenvalue weighted by Gasteiger charge is 2.27. The number of hydrogen-bond donors (Lipinski definition) is 0. The first-order valence-corrected chi connectivity index (χ1v) is 11.3. The van der Waals surface area contributed by atoms with Gasteiger partial charge in [0.2, 0.25) is 0 Å². The van der Waals surface area contributed by atoms with Crippen molar-refractivity contribution in [3.8, 4) is 11.5 Å². The first kappa shape index (κ1) is 24.5. The van der Waals surface area contributed by atoms with Gasteiger partial charge in [-0.2, -0.15) is 0 Å². The molecular weight excluding hydrogens is 436 g/mol. The topological polar surface area (TPSA) is 52.6 Å². The summed E-state index contributed by atoms with van der Waals surface area (Å²) in [6.07, 6.45) is 7.36. The third kappa shape index (κ3) is 5.63.